The predicted octanol–water partition coefficient (Wildman–Crippen LogP) is 0.962. The van der Waals surface area contributed by atoms with Crippen LogP contribution in [0.4, 0.5) is 0 Å². The summed E-state index contributed by atoms with van der Waals surface area (Å²) in [5.41, 5.74) is 1.68. The van der Waals surface area contributed by atoms with Crippen LogP contribution in [0.2, 0.25) is 0 Å². The minimum atomic E-state index is -0.444. The second-order valence-electron chi connectivity index (χ2n) is 4.82. The van der Waals surface area contributed by atoms with Crippen LogP contribution in [0.1, 0.15) is 17.2 Å². The number of nitrogens with zero attached hydrogens (tertiary/aromatic N) is 1. The molecule has 2 rings (SSSR count). The first kappa shape index (κ1) is 15.0. The average molecular weight is 285 g/mol. The maximum absolute atomic E-state index is 12.0. The van der Waals surface area contributed by atoms with E-state index in [0.29, 0.717) is 6.54 Å². The zero-order chi connectivity index (χ0) is 15.2. The summed E-state index contributed by atoms with van der Waals surface area (Å²) in [5, 5.41) is 5.84. The van der Waals surface area contributed by atoms with Crippen molar-refractivity contribution in [1.82, 2.24) is 15.2 Å². The maximum atomic E-state index is 12.0. The molecule has 0 radical (unpaired) electrons. The van der Waals surface area contributed by atoms with Gasteiger partial charge in [-0.15, -0.1) is 0 Å². The summed E-state index contributed by atoms with van der Waals surface area (Å²) >= 11 is 0. The lowest BCUT2D eigenvalue weighted by atomic mass is 10.1. The Kier molecular flexibility index (Phi) is 4.90. The molecule has 0 aliphatic carbocycles. The normalized spacial score (nSPS) is 11.9. The lowest BCUT2D eigenvalue weighted by molar-refractivity contribution is -0.122. The molecule has 0 saturated heterocycles. The van der Waals surface area contributed by atoms with Gasteiger partial charge in [-0.25, -0.2) is 0 Å². The van der Waals surface area contributed by atoms with Crippen LogP contribution in [-0.4, -0.2) is 17.5 Å². The summed E-state index contributed by atoms with van der Waals surface area (Å²) in [7, 11) is 3.31. The Morgan fingerprint density at radius 2 is 1.95 bits per heavy atom. The van der Waals surface area contributed by atoms with Gasteiger partial charge in [0.1, 0.15) is 6.04 Å². The average Bonchev–Trinajstić information content (AvgIpc) is 2.51. The van der Waals surface area contributed by atoms with E-state index in [-0.39, 0.29) is 11.5 Å². The Labute approximate surface area is 123 Å². The Balaban J connectivity index is 2.14. The van der Waals surface area contributed by atoms with Gasteiger partial charge in [0.25, 0.3) is 5.56 Å². The minimum absolute atomic E-state index is 0.0643. The highest BCUT2D eigenvalue weighted by atomic mass is 16.2. The molecule has 1 heterocycles. The van der Waals surface area contributed by atoms with Gasteiger partial charge in [-0.05, 0) is 17.2 Å². The SMILES string of the molecule is CNC(=O)[C@@H](NCc1ccn(C)c(=O)c1)c1ccccc1. The number of likely N-dealkylation sites (N-methyl/N-ethyl adjacent to an activating group) is 1. The smallest absolute Gasteiger partial charge is 0.250 e. The summed E-state index contributed by atoms with van der Waals surface area (Å²) in [5.74, 6) is -0.106. The lowest BCUT2D eigenvalue weighted by Gasteiger charge is -2.17. The number of carbonyl (C=O) groups is 1. The first-order valence-corrected chi connectivity index (χ1v) is 6.77. The number of aromatic nitrogens is 1. The second kappa shape index (κ2) is 6.85. The highest BCUT2D eigenvalue weighted by Crippen LogP contribution is 2.13. The molecule has 0 fully saturated rings. The predicted molar refractivity (Wildman–Crippen MR) is 81.8 cm³/mol. The van der Waals surface area contributed by atoms with Gasteiger partial charge in [-0.3, -0.25) is 14.9 Å². The largest absolute Gasteiger partial charge is 0.358 e. The third kappa shape index (κ3) is 3.79. The molecule has 1 aromatic carbocycles. The van der Waals surface area contributed by atoms with E-state index >= 15 is 0 Å². The number of carbonyl (C=O) groups excluding carboxylic acids is 1. The summed E-state index contributed by atoms with van der Waals surface area (Å²) < 4.78 is 1.51. The zero-order valence-electron chi connectivity index (χ0n) is 12.2. The lowest BCUT2D eigenvalue weighted by Crippen LogP contribution is -2.35. The molecule has 110 valence electrons. The van der Waals surface area contributed by atoms with Gasteiger partial charge in [0, 0.05) is 32.9 Å². The Morgan fingerprint density at radius 3 is 2.57 bits per heavy atom. The third-order valence-electron chi connectivity index (χ3n) is 3.32. The van der Waals surface area contributed by atoms with Crippen molar-refractivity contribution in [1.29, 1.82) is 0 Å². The molecule has 0 saturated carbocycles. The maximum Gasteiger partial charge on any atom is 0.250 e. The fourth-order valence-electron chi connectivity index (χ4n) is 2.07. The van der Waals surface area contributed by atoms with Gasteiger partial charge in [0.2, 0.25) is 5.91 Å². The van der Waals surface area contributed by atoms with Crippen LogP contribution in [0.5, 0.6) is 0 Å². The van der Waals surface area contributed by atoms with Crippen LogP contribution in [0.25, 0.3) is 0 Å². The van der Waals surface area contributed by atoms with E-state index in [1.807, 2.05) is 36.4 Å². The minimum Gasteiger partial charge on any atom is -0.358 e. The monoisotopic (exact) mass is 285 g/mol. The molecule has 0 unspecified atom stereocenters. The van der Waals surface area contributed by atoms with E-state index in [4.69, 9.17) is 0 Å². The number of hydrogen-bond donors (Lipinski definition) is 2. The summed E-state index contributed by atoms with van der Waals surface area (Å²) in [6, 6.07) is 12.5. The number of hydrogen-bond acceptors (Lipinski definition) is 3. The van der Waals surface area contributed by atoms with Crippen molar-refractivity contribution in [3.8, 4) is 0 Å². The molecule has 1 amide bonds. The van der Waals surface area contributed by atoms with Gasteiger partial charge in [0.05, 0.1) is 0 Å². The summed E-state index contributed by atoms with van der Waals surface area (Å²) in [4.78, 5) is 23.6. The molecule has 21 heavy (non-hydrogen) atoms. The number of nitrogens with one attached hydrogen (secondary N) is 2. The van der Waals surface area contributed by atoms with Crippen LogP contribution in [0.3, 0.4) is 0 Å². The molecule has 5 heteroatoms. The molecule has 5 nitrogen and oxygen atoms in total. The number of amides is 1. The van der Waals surface area contributed by atoms with E-state index in [1.165, 1.54) is 4.57 Å². The van der Waals surface area contributed by atoms with E-state index in [2.05, 4.69) is 10.6 Å². The molecule has 0 spiro atoms. The zero-order valence-corrected chi connectivity index (χ0v) is 12.2. The molecule has 2 N–H and O–H groups in total. The molecule has 1 atom stereocenters. The first-order valence-electron chi connectivity index (χ1n) is 6.77. The Bertz CT molecular complexity index is 665. The Hall–Kier alpha value is -2.40. The molecular formula is C16H19N3O2. The molecular weight excluding hydrogens is 266 g/mol. The molecule has 2 aromatic rings. The standard InChI is InChI=1S/C16H19N3O2/c1-17-16(21)15(13-6-4-3-5-7-13)18-11-12-8-9-19(2)14(20)10-12/h3-10,15,18H,11H2,1-2H3,(H,17,21)/t15-/m0/s1. The molecule has 0 aliphatic rings. The van der Waals surface area contributed by atoms with E-state index < -0.39 is 6.04 Å². The Morgan fingerprint density at radius 1 is 1.24 bits per heavy atom. The van der Waals surface area contributed by atoms with Crippen molar-refractivity contribution in [3.05, 3.63) is 70.1 Å². The summed E-state index contributed by atoms with van der Waals surface area (Å²) in [6.45, 7) is 0.447. The van der Waals surface area contributed by atoms with Gasteiger partial charge in [-0.2, -0.15) is 0 Å². The number of aryl methyl sites for hydroxylation is 1. The highest BCUT2D eigenvalue weighted by molar-refractivity contribution is 5.82. The van der Waals surface area contributed by atoms with Crippen molar-refractivity contribution < 1.29 is 4.79 Å². The van der Waals surface area contributed by atoms with Crippen molar-refractivity contribution in [3.63, 3.8) is 0 Å². The molecule has 0 aliphatic heterocycles. The van der Waals surface area contributed by atoms with Crippen LogP contribution in [0, 0.1) is 0 Å². The van der Waals surface area contributed by atoms with Crippen LogP contribution < -0.4 is 16.2 Å². The fraction of sp³-hybridized carbons (Fsp3) is 0.250. The van der Waals surface area contributed by atoms with E-state index in [0.717, 1.165) is 11.1 Å². The summed E-state index contributed by atoms with van der Waals surface area (Å²) in [6.07, 6.45) is 1.72. The van der Waals surface area contributed by atoms with Crippen molar-refractivity contribution >= 4 is 5.91 Å². The molecule has 0 bridgehead atoms. The van der Waals surface area contributed by atoms with Gasteiger partial charge >= 0.3 is 0 Å². The molecule has 1 aromatic heterocycles. The van der Waals surface area contributed by atoms with Gasteiger partial charge in [-0.1, -0.05) is 30.3 Å². The second-order valence-corrected chi connectivity index (χ2v) is 4.82. The number of pyridine rings is 1. The van der Waals surface area contributed by atoms with Crippen LogP contribution in [-0.2, 0) is 18.4 Å². The van der Waals surface area contributed by atoms with Crippen molar-refractivity contribution in [2.24, 2.45) is 7.05 Å². The third-order valence-corrected chi connectivity index (χ3v) is 3.32. The van der Waals surface area contributed by atoms with E-state index in [1.54, 1.807) is 26.4 Å². The first-order chi connectivity index (χ1) is 10.1. The van der Waals surface area contributed by atoms with E-state index in [9.17, 15) is 9.59 Å². The number of benzene rings is 1. The topological polar surface area (TPSA) is 63.1 Å². The van der Waals surface area contributed by atoms with Crippen LogP contribution in [0.15, 0.2) is 53.5 Å². The quantitative estimate of drug-likeness (QED) is 0.860. The van der Waals surface area contributed by atoms with Crippen LogP contribution >= 0.6 is 0 Å². The van der Waals surface area contributed by atoms with Crippen molar-refractivity contribution in [2.45, 2.75) is 12.6 Å². The number of rotatable bonds is 5. The highest BCUT2D eigenvalue weighted by Gasteiger charge is 2.18. The fourth-order valence-corrected chi connectivity index (χ4v) is 2.07. The van der Waals surface area contributed by atoms with Gasteiger partial charge < -0.3 is 9.88 Å². The van der Waals surface area contributed by atoms with Crippen molar-refractivity contribution in [2.75, 3.05) is 7.05 Å². The van der Waals surface area contributed by atoms with Gasteiger partial charge in [0.15, 0.2) is 0 Å².